The Balaban J connectivity index is 2.20. The zero-order valence-electron chi connectivity index (χ0n) is 10.9. The Morgan fingerprint density at radius 3 is 2.61 bits per heavy atom. The molecule has 100 valence electrons. The van der Waals surface area contributed by atoms with Crippen LogP contribution in [0.1, 0.15) is 44.0 Å². The van der Waals surface area contributed by atoms with E-state index in [4.69, 9.17) is 11.6 Å². The first-order valence-electron chi connectivity index (χ1n) is 6.41. The number of hydrogen-bond acceptors (Lipinski definition) is 3. The van der Waals surface area contributed by atoms with Gasteiger partial charge in [0.2, 0.25) is 0 Å². The molecule has 0 aliphatic heterocycles. The molecule has 0 bridgehead atoms. The second-order valence-corrected chi connectivity index (χ2v) is 5.48. The quantitative estimate of drug-likeness (QED) is 0.917. The van der Waals surface area contributed by atoms with Crippen LogP contribution in [-0.2, 0) is 17.8 Å². The standard InChI is InChI=1S/C13H19ClN2O2/c1-3-16-11(12(14)9(2)15-16)8-13(18)6-4-10(17)5-7-13/h18H,3-8H2,1-2H3. The Labute approximate surface area is 112 Å². The Morgan fingerprint density at radius 1 is 1.44 bits per heavy atom. The summed E-state index contributed by atoms with van der Waals surface area (Å²) in [4.78, 5) is 11.2. The SMILES string of the molecule is CCn1nc(C)c(Cl)c1CC1(O)CCC(=O)CC1. The van der Waals surface area contributed by atoms with Crippen LogP contribution >= 0.6 is 11.6 Å². The van der Waals surface area contributed by atoms with Crippen molar-refractivity contribution in [1.82, 2.24) is 9.78 Å². The summed E-state index contributed by atoms with van der Waals surface area (Å²) in [6.07, 6.45) is 2.46. The molecule has 1 fully saturated rings. The zero-order chi connectivity index (χ0) is 13.3. The van der Waals surface area contributed by atoms with Crippen LogP contribution in [0.4, 0.5) is 0 Å². The first-order valence-corrected chi connectivity index (χ1v) is 6.79. The lowest BCUT2D eigenvalue weighted by atomic mass is 9.81. The first kappa shape index (κ1) is 13.6. The van der Waals surface area contributed by atoms with Crippen molar-refractivity contribution in [2.75, 3.05) is 0 Å². The number of ketones is 1. The van der Waals surface area contributed by atoms with Gasteiger partial charge in [0.25, 0.3) is 0 Å². The fraction of sp³-hybridized carbons (Fsp3) is 0.692. The number of Topliss-reactive ketones (excluding diaryl/α,β-unsaturated/α-hetero) is 1. The molecule has 0 saturated heterocycles. The van der Waals surface area contributed by atoms with Crippen LogP contribution in [0, 0.1) is 6.92 Å². The fourth-order valence-corrected chi connectivity index (χ4v) is 2.72. The van der Waals surface area contributed by atoms with Crippen LogP contribution in [0.5, 0.6) is 0 Å². The number of aliphatic hydroxyl groups is 1. The maximum absolute atomic E-state index is 11.2. The van der Waals surface area contributed by atoms with Crippen LogP contribution in [0.15, 0.2) is 0 Å². The number of rotatable bonds is 3. The molecule has 5 heteroatoms. The highest BCUT2D eigenvalue weighted by Crippen LogP contribution is 2.32. The second-order valence-electron chi connectivity index (χ2n) is 5.10. The third-order valence-corrected chi connectivity index (χ3v) is 4.18. The second kappa shape index (κ2) is 5.02. The van der Waals surface area contributed by atoms with E-state index < -0.39 is 5.60 Å². The molecule has 1 aromatic heterocycles. The van der Waals surface area contributed by atoms with Crippen LogP contribution in [-0.4, -0.2) is 26.3 Å². The summed E-state index contributed by atoms with van der Waals surface area (Å²) < 4.78 is 1.84. The van der Waals surface area contributed by atoms with E-state index in [0.29, 0.717) is 37.1 Å². The van der Waals surface area contributed by atoms with Gasteiger partial charge < -0.3 is 5.11 Å². The van der Waals surface area contributed by atoms with E-state index in [1.165, 1.54) is 0 Å². The summed E-state index contributed by atoms with van der Waals surface area (Å²) in [5, 5.41) is 15.5. The minimum absolute atomic E-state index is 0.242. The number of hydrogen-bond donors (Lipinski definition) is 1. The monoisotopic (exact) mass is 270 g/mol. The van der Waals surface area contributed by atoms with Crippen molar-refractivity contribution in [1.29, 1.82) is 0 Å². The number of carbonyl (C=O) groups is 1. The molecule has 2 rings (SSSR count). The lowest BCUT2D eigenvalue weighted by molar-refractivity contribution is -0.125. The molecule has 0 spiro atoms. The normalized spacial score (nSPS) is 19.2. The van der Waals surface area contributed by atoms with Crippen molar-refractivity contribution in [2.45, 2.75) is 58.1 Å². The molecule has 4 nitrogen and oxygen atoms in total. The largest absolute Gasteiger partial charge is 0.389 e. The van der Waals surface area contributed by atoms with Crippen LogP contribution in [0.25, 0.3) is 0 Å². The van der Waals surface area contributed by atoms with Crippen molar-refractivity contribution in [3.05, 3.63) is 16.4 Å². The van der Waals surface area contributed by atoms with E-state index in [-0.39, 0.29) is 5.78 Å². The Bertz CT molecular complexity index is 458. The van der Waals surface area contributed by atoms with E-state index in [1.807, 2.05) is 18.5 Å². The molecule has 0 atom stereocenters. The number of aryl methyl sites for hydroxylation is 2. The van der Waals surface area contributed by atoms with E-state index in [2.05, 4.69) is 5.10 Å². The predicted octanol–water partition coefficient (Wildman–Crippen LogP) is 2.28. The number of nitrogens with zero attached hydrogens (tertiary/aromatic N) is 2. The molecule has 0 unspecified atom stereocenters. The summed E-state index contributed by atoms with van der Waals surface area (Å²) in [5.41, 5.74) is 0.870. The summed E-state index contributed by atoms with van der Waals surface area (Å²) >= 11 is 6.24. The zero-order valence-corrected chi connectivity index (χ0v) is 11.6. The van der Waals surface area contributed by atoms with Gasteiger partial charge in [-0.2, -0.15) is 5.10 Å². The van der Waals surface area contributed by atoms with Crippen molar-refractivity contribution in [2.24, 2.45) is 0 Å². The van der Waals surface area contributed by atoms with Crippen LogP contribution in [0.3, 0.4) is 0 Å². The highest BCUT2D eigenvalue weighted by Gasteiger charge is 2.34. The first-order chi connectivity index (χ1) is 8.45. The summed E-state index contributed by atoms with van der Waals surface area (Å²) in [5.74, 6) is 0.242. The third-order valence-electron chi connectivity index (χ3n) is 3.69. The van der Waals surface area contributed by atoms with Gasteiger partial charge in [-0.15, -0.1) is 0 Å². The maximum Gasteiger partial charge on any atom is 0.133 e. The van der Waals surface area contributed by atoms with Gasteiger partial charge in [0.15, 0.2) is 0 Å². The smallest absolute Gasteiger partial charge is 0.133 e. The Kier molecular flexibility index (Phi) is 3.78. The minimum Gasteiger partial charge on any atom is -0.389 e. The average Bonchev–Trinajstić information content (AvgIpc) is 2.61. The predicted molar refractivity (Wildman–Crippen MR) is 69.8 cm³/mol. The van der Waals surface area contributed by atoms with Crippen LogP contribution in [0.2, 0.25) is 5.02 Å². The molecular weight excluding hydrogens is 252 g/mol. The van der Waals surface area contributed by atoms with Gasteiger partial charge >= 0.3 is 0 Å². The molecule has 1 N–H and O–H groups in total. The van der Waals surface area contributed by atoms with Gasteiger partial charge in [-0.25, -0.2) is 0 Å². The van der Waals surface area contributed by atoms with Crippen molar-refractivity contribution in [3.63, 3.8) is 0 Å². The lowest BCUT2D eigenvalue weighted by Crippen LogP contribution is -2.37. The molecule has 1 aliphatic carbocycles. The van der Waals surface area contributed by atoms with E-state index >= 15 is 0 Å². The molecule has 18 heavy (non-hydrogen) atoms. The highest BCUT2D eigenvalue weighted by atomic mass is 35.5. The van der Waals surface area contributed by atoms with E-state index in [9.17, 15) is 9.90 Å². The number of aromatic nitrogens is 2. The highest BCUT2D eigenvalue weighted by molar-refractivity contribution is 6.31. The molecule has 0 aromatic carbocycles. The molecule has 1 aliphatic rings. The van der Waals surface area contributed by atoms with Gasteiger partial charge in [0.05, 0.1) is 22.0 Å². The topological polar surface area (TPSA) is 55.1 Å². The molecule has 1 aromatic rings. The van der Waals surface area contributed by atoms with Gasteiger partial charge in [-0.05, 0) is 26.7 Å². The van der Waals surface area contributed by atoms with E-state index in [0.717, 1.165) is 17.9 Å². The molecule has 0 amide bonds. The van der Waals surface area contributed by atoms with Gasteiger partial charge in [0.1, 0.15) is 5.78 Å². The summed E-state index contributed by atoms with van der Waals surface area (Å²) in [7, 11) is 0. The van der Waals surface area contributed by atoms with Crippen LogP contribution < -0.4 is 0 Å². The summed E-state index contributed by atoms with van der Waals surface area (Å²) in [6, 6.07) is 0. The Morgan fingerprint density at radius 2 is 2.06 bits per heavy atom. The molecule has 0 radical (unpaired) electrons. The lowest BCUT2D eigenvalue weighted by Gasteiger charge is -2.31. The van der Waals surface area contributed by atoms with E-state index in [1.54, 1.807) is 0 Å². The van der Waals surface area contributed by atoms with Crippen molar-refractivity contribution < 1.29 is 9.90 Å². The number of halogens is 1. The van der Waals surface area contributed by atoms with Gasteiger partial charge in [-0.3, -0.25) is 9.48 Å². The summed E-state index contributed by atoms with van der Waals surface area (Å²) in [6.45, 7) is 4.60. The molecular formula is C13H19ClN2O2. The van der Waals surface area contributed by atoms with Crippen molar-refractivity contribution in [3.8, 4) is 0 Å². The fourth-order valence-electron chi connectivity index (χ4n) is 2.52. The minimum atomic E-state index is -0.809. The maximum atomic E-state index is 11.2. The molecule has 1 saturated carbocycles. The van der Waals surface area contributed by atoms with Gasteiger partial charge in [0, 0.05) is 25.8 Å². The average molecular weight is 271 g/mol. The van der Waals surface area contributed by atoms with Gasteiger partial charge in [-0.1, -0.05) is 11.6 Å². The third kappa shape index (κ3) is 2.59. The molecule has 1 heterocycles. The Hall–Kier alpha value is -0.870. The number of carbonyl (C=O) groups excluding carboxylic acids is 1. The van der Waals surface area contributed by atoms with Crippen molar-refractivity contribution >= 4 is 17.4 Å².